The van der Waals surface area contributed by atoms with Gasteiger partial charge in [0.25, 0.3) is 0 Å². The van der Waals surface area contributed by atoms with Crippen LogP contribution in [0.1, 0.15) is 30.4 Å². The molecule has 0 unspecified atom stereocenters. The highest BCUT2D eigenvalue weighted by Crippen LogP contribution is 2.31. The molecule has 1 fully saturated rings. The maximum absolute atomic E-state index is 4.22. The lowest BCUT2D eigenvalue weighted by molar-refractivity contribution is 0.237. The van der Waals surface area contributed by atoms with Crippen LogP contribution in [-0.2, 0) is 6.54 Å². The van der Waals surface area contributed by atoms with Crippen LogP contribution in [-0.4, -0.2) is 36.6 Å². The summed E-state index contributed by atoms with van der Waals surface area (Å²) >= 11 is 0. The number of likely N-dealkylation sites (tertiary alicyclic amines) is 1. The fourth-order valence-corrected chi connectivity index (χ4v) is 3.17. The van der Waals surface area contributed by atoms with Crippen molar-refractivity contribution < 1.29 is 0 Å². The summed E-state index contributed by atoms with van der Waals surface area (Å²) in [6.07, 6.45) is 4.36. The third kappa shape index (κ3) is 2.42. The minimum absolute atomic E-state index is 0.427. The van der Waals surface area contributed by atoms with E-state index in [4.69, 9.17) is 0 Å². The van der Waals surface area contributed by atoms with Gasteiger partial charge in [0, 0.05) is 11.9 Å². The van der Waals surface area contributed by atoms with Crippen molar-refractivity contribution in [1.82, 2.24) is 30.1 Å². The molecule has 1 saturated heterocycles. The molecule has 112 valence electrons. The zero-order chi connectivity index (χ0) is 14.8. The van der Waals surface area contributed by atoms with E-state index in [2.05, 4.69) is 37.5 Å². The van der Waals surface area contributed by atoms with Crippen LogP contribution in [0.25, 0.3) is 5.69 Å². The molecule has 0 aliphatic carbocycles. The number of aromatic nitrogens is 5. The number of nitrogens with one attached hydrogen (secondary N) is 1. The highest BCUT2D eigenvalue weighted by molar-refractivity contribution is 5.30. The molecule has 0 saturated carbocycles. The molecule has 3 aromatic rings. The molecule has 1 aliphatic rings. The topological polar surface area (TPSA) is 62.6 Å². The molecular weight excluding hydrogens is 276 g/mol. The van der Waals surface area contributed by atoms with Crippen LogP contribution < -0.4 is 0 Å². The first-order valence-corrected chi connectivity index (χ1v) is 7.62. The lowest BCUT2D eigenvalue weighted by Gasteiger charge is -2.23. The van der Waals surface area contributed by atoms with Gasteiger partial charge in [0.1, 0.15) is 0 Å². The minimum Gasteiger partial charge on any atom is -0.364 e. The van der Waals surface area contributed by atoms with Gasteiger partial charge < -0.3 is 4.98 Å². The third-order valence-electron chi connectivity index (χ3n) is 4.22. The van der Waals surface area contributed by atoms with E-state index in [-0.39, 0.29) is 0 Å². The number of nitrogens with zero attached hydrogens (tertiary/aromatic N) is 5. The third-order valence-corrected chi connectivity index (χ3v) is 4.22. The smallest absolute Gasteiger partial charge is 0.170 e. The average Bonchev–Trinajstić information content (AvgIpc) is 3.30. The fraction of sp³-hybridized carbons (Fsp3) is 0.312. The first-order valence-electron chi connectivity index (χ1n) is 7.62. The molecule has 3 heterocycles. The molecular formula is C16H18N6. The standard InChI is InChI=1S/C16H18N6/c1-2-6-13(7-3-1)22-16(18-19-20-22)12-21-11-5-9-15(21)14-8-4-10-17-14/h1-4,6-8,10,15,17H,5,9,11-12H2/t15-/m1/s1. The van der Waals surface area contributed by atoms with Crippen molar-refractivity contribution in [1.29, 1.82) is 0 Å². The van der Waals surface area contributed by atoms with Gasteiger partial charge in [-0.2, -0.15) is 4.68 Å². The van der Waals surface area contributed by atoms with Gasteiger partial charge in [0.05, 0.1) is 18.3 Å². The second-order valence-corrected chi connectivity index (χ2v) is 5.60. The Kier molecular flexibility index (Phi) is 3.44. The molecule has 1 aliphatic heterocycles. The molecule has 0 radical (unpaired) electrons. The second kappa shape index (κ2) is 5.73. The summed E-state index contributed by atoms with van der Waals surface area (Å²) in [6.45, 7) is 1.83. The Morgan fingerprint density at radius 1 is 1.14 bits per heavy atom. The van der Waals surface area contributed by atoms with Gasteiger partial charge in [0.15, 0.2) is 5.82 Å². The SMILES string of the molecule is c1ccc(-n2nnnc2CN2CCC[C@@H]2c2ccc[nH]2)cc1. The molecule has 22 heavy (non-hydrogen) atoms. The zero-order valence-electron chi connectivity index (χ0n) is 12.3. The van der Waals surface area contributed by atoms with Crippen LogP contribution in [0.2, 0.25) is 0 Å². The van der Waals surface area contributed by atoms with Crippen LogP contribution in [0.5, 0.6) is 0 Å². The van der Waals surface area contributed by atoms with E-state index >= 15 is 0 Å². The molecule has 0 amide bonds. The number of H-pyrrole nitrogens is 1. The second-order valence-electron chi connectivity index (χ2n) is 5.60. The Labute approximate surface area is 128 Å². The summed E-state index contributed by atoms with van der Waals surface area (Å²) in [5.74, 6) is 0.879. The number of aromatic amines is 1. The molecule has 0 bridgehead atoms. The molecule has 1 N–H and O–H groups in total. The number of para-hydroxylation sites is 1. The molecule has 2 aromatic heterocycles. The predicted octanol–water partition coefficient (Wildman–Crippen LogP) is 2.33. The summed E-state index contributed by atoms with van der Waals surface area (Å²) in [5, 5.41) is 12.2. The van der Waals surface area contributed by atoms with Crippen molar-refractivity contribution in [2.45, 2.75) is 25.4 Å². The maximum atomic E-state index is 4.22. The molecule has 1 atom stereocenters. The molecule has 0 spiro atoms. The van der Waals surface area contributed by atoms with Crippen molar-refractivity contribution in [3.05, 3.63) is 60.2 Å². The number of hydrogen-bond donors (Lipinski definition) is 1. The van der Waals surface area contributed by atoms with E-state index in [0.29, 0.717) is 6.04 Å². The van der Waals surface area contributed by atoms with Gasteiger partial charge in [0.2, 0.25) is 0 Å². The van der Waals surface area contributed by atoms with Gasteiger partial charge in [-0.25, -0.2) is 0 Å². The van der Waals surface area contributed by atoms with E-state index in [0.717, 1.165) is 24.6 Å². The van der Waals surface area contributed by atoms with Crippen LogP contribution in [0.4, 0.5) is 0 Å². The summed E-state index contributed by atoms with van der Waals surface area (Å²) in [4.78, 5) is 5.78. The quantitative estimate of drug-likeness (QED) is 0.802. The highest BCUT2D eigenvalue weighted by Gasteiger charge is 2.28. The first kappa shape index (κ1) is 13.2. The Morgan fingerprint density at radius 3 is 2.86 bits per heavy atom. The largest absolute Gasteiger partial charge is 0.364 e. The van der Waals surface area contributed by atoms with E-state index in [9.17, 15) is 0 Å². The predicted molar refractivity (Wildman–Crippen MR) is 82.3 cm³/mol. The van der Waals surface area contributed by atoms with Gasteiger partial charge >= 0.3 is 0 Å². The van der Waals surface area contributed by atoms with Crippen molar-refractivity contribution in [3.63, 3.8) is 0 Å². The van der Waals surface area contributed by atoms with Crippen molar-refractivity contribution in [2.24, 2.45) is 0 Å². The monoisotopic (exact) mass is 294 g/mol. The van der Waals surface area contributed by atoms with Gasteiger partial charge in [-0.15, -0.1) is 5.10 Å². The Balaban J connectivity index is 1.58. The maximum Gasteiger partial charge on any atom is 0.170 e. The van der Waals surface area contributed by atoms with Gasteiger partial charge in [-0.3, -0.25) is 4.90 Å². The van der Waals surface area contributed by atoms with Crippen molar-refractivity contribution in [2.75, 3.05) is 6.54 Å². The lowest BCUT2D eigenvalue weighted by Crippen LogP contribution is -2.25. The summed E-state index contributed by atoms with van der Waals surface area (Å²) in [6, 6.07) is 14.7. The fourth-order valence-electron chi connectivity index (χ4n) is 3.17. The lowest BCUT2D eigenvalue weighted by atomic mass is 10.1. The van der Waals surface area contributed by atoms with E-state index in [1.54, 1.807) is 0 Å². The van der Waals surface area contributed by atoms with Crippen LogP contribution >= 0.6 is 0 Å². The Bertz CT molecular complexity index is 718. The average molecular weight is 294 g/mol. The first-order chi connectivity index (χ1) is 10.9. The van der Waals surface area contributed by atoms with E-state index in [1.807, 2.05) is 41.2 Å². The highest BCUT2D eigenvalue weighted by atomic mass is 15.5. The Morgan fingerprint density at radius 2 is 2.05 bits per heavy atom. The number of benzene rings is 1. The Hall–Kier alpha value is -2.47. The molecule has 6 nitrogen and oxygen atoms in total. The van der Waals surface area contributed by atoms with Crippen LogP contribution in [0, 0.1) is 0 Å². The number of tetrazole rings is 1. The summed E-state index contributed by atoms with van der Waals surface area (Å²) < 4.78 is 1.82. The minimum atomic E-state index is 0.427. The van der Waals surface area contributed by atoms with E-state index in [1.165, 1.54) is 18.5 Å². The van der Waals surface area contributed by atoms with Crippen molar-refractivity contribution >= 4 is 0 Å². The van der Waals surface area contributed by atoms with Crippen LogP contribution in [0.3, 0.4) is 0 Å². The van der Waals surface area contributed by atoms with Gasteiger partial charge in [-0.05, 0) is 54.1 Å². The summed E-state index contributed by atoms with van der Waals surface area (Å²) in [7, 11) is 0. The molecule has 6 heteroatoms. The summed E-state index contributed by atoms with van der Waals surface area (Å²) in [5.41, 5.74) is 2.27. The normalized spacial score (nSPS) is 18.8. The van der Waals surface area contributed by atoms with Crippen molar-refractivity contribution in [3.8, 4) is 5.69 Å². The van der Waals surface area contributed by atoms with Crippen LogP contribution in [0.15, 0.2) is 48.7 Å². The van der Waals surface area contributed by atoms with Gasteiger partial charge in [-0.1, -0.05) is 18.2 Å². The molecule has 4 rings (SSSR count). The number of rotatable bonds is 4. The zero-order valence-corrected chi connectivity index (χ0v) is 12.3. The molecule has 1 aromatic carbocycles. The number of hydrogen-bond acceptors (Lipinski definition) is 4. The van der Waals surface area contributed by atoms with E-state index < -0.39 is 0 Å².